The van der Waals surface area contributed by atoms with Gasteiger partial charge in [0, 0.05) is 35.8 Å². The normalized spacial score (nSPS) is 19.2. The molecule has 1 aromatic heterocycles. The molecular formula is C28H20F3N3O3. The quantitative estimate of drug-likeness (QED) is 0.423. The standard InChI is InChI=1S/C28H20F3N3O3/c29-28(30,31)18-5-3-6-19(14-18)34-21-7-4-8-22(35)26(21)25(17-9-10-23-24(13-17)37-16-36-23)20(15-32)27(34)33-11-1-2-12-33/h1-3,5-6,9-14,25H,4,7-8,16H2. The maximum atomic E-state index is 13.7. The second-order valence-corrected chi connectivity index (χ2v) is 9.01. The Hall–Kier alpha value is -4.45. The molecule has 6 nitrogen and oxygen atoms in total. The lowest BCUT2D eigenvalue weighted by Crippen LogP contribution is -2.36. The van der Waals surface area contributed by atoms with Gasteiger partial charge >= 0.3 is 6.18 Å². The van der Waals surface area contributed by atoms with E-state index < -0.39 is 17.7 Å². The first-order valence-corrected chi connectivity index (χ1v) is 11.8. The van der Waals surface area contributed by atoms with E-state index in [0.29, 0.717) is 53.4 Å². The van der Waals surface area contributed by atoms with E-state index in [1.165, 1.54) is 6.07 Å². The third-order valence-corrected chi connectivity index (χ3v) is 6.86. The van der Waals surface area contributed by atoms with Gasteiger partial charge in [-0.1, -0.05) is 12.1 Å². The fourth-order valence-corrected chi connectivity index (χ4v) is 5.30. The molecule has 37 heavy (non-hydrogen) atoms. The first kappa shape index (κ1) is 23.0. The molecule has 1 aliphatic carbocycles. The van der Waals surface area contributed by atoms with Gasteiger partial charge in [0.05, 0.1) is 23.1 Å². The van der Waals surface area contributed by atoms with Crippen molar-refractivity contribution in [1.29, 1.82) is 5.26 Å². The average molecular weight is 503 g/mol. The number of nitriles is 1. The number of ether oxygens (including phenoxy) is 2. The number of rotatable bonds is 3. The molecule has 6 rings (SSSR count). The number of allylic oxidation sites excluding steroid dienone is 3. The fraction of sp³-hybridized carbons (Fsp3) is 0.214. The molecule has 0 N–H and O–H groups in total. The highest BCUT2D eigenvalue weighted by Crippen LogP contribution is 2.50. The average Bonchev–Trinajstić information content (AvgIpc) is 3.59. The van der Waals surface area contributed by atoms with E-state index in [0.717, 1.165) is 12.1 Å². The van der Waals surface area contributed by atoms with Crippen molar-refractivity contribution >= 4 is 17.3 Å². The van der Waals surface area contributed by atoms with Crippen molar-refractivity contribution in [2.75, 3.05) is 11.7 Å². The van der Waals surface area contributed by atoms with E-state index in [1.54, 1.807) is 58.3 Å². The largest absolute Gasteiger partial charge is 0.454 e. The molecule has 0 fully saturated rings. The molecule has 3 aromatic rings. The van der Waals surface area contributed by atoms with Crippen LogP contribution in [0.3, 0.4) is 0 Å². The van der Waals surface area contributed by atoms with Crippen molar-refractivity contribution in [2.45, 2.75) is 31.4 Å². The van der Waals surface area contributed by atoms with E-state index in [4.69, 9.17) is 9.47 Å². The number of halogens is 3. The van der Waals surface area contributed by atoms with Crippen molar-refractivity contribution in [2.24, 2.45) is 0 Å². The number of hydrogen-bond acceptors (Lipinski definition) is 5. The number of anilines is 1. The Morgan fingerprint density at radius 1 is 0.973 bits per heavy atom. The maximum Gasteiger partial charge on any atom is 0.416 e. The van der Waals surface area contributed by atoms with Crippen LogP contribution < -0.4 is 14.4 Å². The highest BCUT2D eigenvalue weighted by Gasteiger charge is 2.42. The minimum atomic E-state index is -4.55. The Labute approximate surface area is 210 Å². The van der Waals surface area contributed by atoms with Crippen LogP contribution in [0, 0.1) is 11.3 Å². The molecular weight excluding hydrogens is 483 g/mol. The Kier molecular flexibility index (Phi) is 5.33. The monoisotopic (exact) mass is 503 g/mol. The smallest absolute Gasteiger partial charge is 0.416 e. The second-order valence-electron chi connectivity index (χ2n) is 9.01. The molecule has 0 saturated heterocycles. The number of carbonyl (C=O) groups excluding carboxylic acids is 1. The van der Waals surface area contributed by atoms with Crippen molar-refractivity contribution in [1.82, 2.24) is 4.57 Å². The number of nitrogens with zero attached hydrogens (tertiary/aromatic N) is 3. The Morgan fingerprint density at radius 3 is 2.51 bits per heavy atom. The van der Waals surface area contributed by atoms with Crippen LogP contribution in [-0.4, -0.2) is 17.1 Å². The summed E-state index contributed by atoms with van der Waals surface area (Å²) < 4.78 is 53.7. The van der Waals surface area contributed by atoms with Gasteiger partial charge in [0.1, 0.15) is 5.82 Å². The van der Waals surface area contributed by atoms with Crippen LogP contribution >= 0.6 is 0 Å². The summed E-state index contributed by atoms with van der Waals surface area (Å²) in [6.07, 6.45) is 0.258. The van der Waals surface area contributed by atoms with Crippen LogP contribution in [-0.2, 0) is 11.0 Å². The number of hydrogen-bond donors (Lipinski definition) is 0. The van der Waals surface area contributed by atoms with Gasteiger partial charge in [0.2, 0.25) is 6.79 Å². The Balaban J connectivity index is 1.64. The number of carbonyl (C=O) groups is 1. The lowest BCUT2D eigenvalue weighted by atomic mass is 9.75. The number of fused-ring (bicyclic) bond motifs is 1. The van der Waals surface area contributed by atoms with Gasteiger partial charge < -0.3 is 14.0 Å². The van der Waals surface area contributed by atoms with Crippen LogP contribution in [0.4, 0.5) is 18.9 Å². The third kappa shape index (κ3) is 3.76. The lowest BCUT2D eigenvalue weighted by molar-refractivity contribution is -0.137. The zero-order valence-electron chi connectivity index (χ0n) is 19.5. The van der Waals surface area contributed by atoms with Gasteiger partial charge in [-0.3, -0.25) is 9.69 Å². The summed E-state index contributed by atoms with van der Waals surface area (Å²) in [5.41, 5.74) is 1.38. The molecule has 0 saturated carbocycles. The molecule has 0 radical (unpaired) electrons. The molecule has 0 amide bonds. The van der Waals surface area contributed by atoms with Crippen molar-refractivity contribution in [3.05, 3.63) is 95.0 Å². The number of benzene rings is 2. The summed E-state index contributed by atoms with van der Waals surface area (Å²) in [5, 5.41) is 10.5. The molecule has 2 aliphatic heterocycles. The summed E-state index contributed by atoms with van der Waals surface area (Å²) in [4.78, 5) is 15.1. The van der Waals surface area contributed by atoms with Crippen LogP contribution in [0.25, 0.3) is 5.82 Å². The summed E-state index contributed by atoms with van der Waals surface area (Å²) in [6, 6.07) is 16.1. The van der Waals surface area contributed by atoms with Crippen LogP contribution in [0.2, 0.25) is 0 Å². The molecule has 186 valence electrons. The van der Waals surface area contributed by atoms with Gasteiger partial charge in [-0.05, 0) is 60.9 Å². The highest BCUT2D eigenvalue weighted by atomic mass is 19.4. The Bertz CT molecular complexity index is 1510. The van der Waals surface area contributed by atoms with Gasteiger partial charge in [-0.25, -0.2) is 0 Å². The van der Waals surface area contributed by atoms with Crippen molar-refractivity contribution in [3.63, 3.8) is 0 Å². The molecule has 2 aromatic carbocycles. The van der Waals surface area contributed by atoms with E-state index >= 15 is 0 Å². The topological polar surface area (TPSA) is 67.5 Å². The van der Waals surface area contributed by atoms with E-state index in [9.17, 15) is 23.2 Å². The Morgan fingerprint density at radius 2 is 1.76 bits per heavy atom. The van der Waals surface area contributed by atoms with Crippen molar-refractivity contribution < 1.29 is 27.4 Å². The fourth-order valence-electron chi connectivity index (χ4n) is 5.30. The van der Waals surface area contributed by atoms with Gasteiger partial charge in [0.25, 0.3) is 0 Å². The van der Waals surface area contributed by atoms with Crippen LogP contribution in [0.15, 0.2) is 83.8 Å². The number of Topliss-reactive ketones (excluding diaryl/α,β-unsaturated/α-hetero) is 1. The predicted octanol–water partition coefficient (Wildman–Crippen LogP) is 6.24. The van der Waals surface area contributed by atoms with Crippen LogP contribution in [0.5, 0.6) is 11.5 Å². The first-order chi connectivity index (χ1) is 17.9. The van der Waals surface area contributed by atoms with E-state index in [1.807, 2.05) is 0 Å². The second kappa shape index (κ2) is 8.59. The summed E-state index contributed by atoms with van der Waals surface area (Å²) >= 11 is 0. The van der Waals surface area contributed by atoms with Gasteiger partial charge in [-0.2, -0.15) is 18.4 Å². The highest BCUT2D eigenvalue weighted by molar-refractivity contribution is 6.03. The molecule has 9 heteroatoms. The van der Waals surface area contributed by atoms with E-state index in [-0.39, 0.29) is 23.8 Å². The van der Waals surface area contributed by atoms with Gasteiger partial charge in [-0.15, -0.1) is 0 Å². The minimum absolute atomic E-state index is 0.0786. The first-order valence-electron chi connectivity index (χ1n) is 11.8. The number of alkyl halides is 3. The van der Waals surface area contributed by atoms with E-state index in [2.05, 4.69) is 6.07 Å². The molecule has 0 spiro atoms. The zero-order valence-corrected chi connectivity index (χ0v) is 19.5. The number of aromatic nitrogens is 1. The molecule has 1 unspecified atom stereocenters. The zero-order chi connectivity index (χ0) is 25.7. The molecule has 0 bridgehead atoms. The number of ketones is 1. The molecule has 3 aliphatic rings. The maximum absolute atomic E-state index is 13.7. The SMILES string of the molecule is N#CC1=C(n2cccc2)N(c2cccc(C(F)(F)F)c2)C2=C(C(=O)CCC2)C1c1ccc2c(c1)OCO2. The summed E-state index contributed by atoms with van der Waals surface area (Å²) in [5.74, 6) is 0.648. The van der Waals surface area contributed by atoms with Crippen molar-refractivity contribution in [3.8, 4) is 17.6 Å². The van der Waals surface area contributed by atoms with Crippen LogP contribution in [0.1, 0.15) is 36.3 Å². The third-order valence-electron chi connectivity index (χ3n) is 6.86. The summed E-state index contributed by atoms with van der Waals surface area (Å²) in [6.45, 7) is 0.0786. The predicted molar refractivity (Wildman–Crippen MR) is 128 cm³/mol. The van der Waals surface area contributed by atoms with Gasteiger partial charge in [0.15, 0.2) is 17.3 Å². The summed E-state index contributed by atoms with van der Waals surface area (Å²) in [7, 11) is 0. The molecule has 1 atom stereocenters. The molecule has 3 heterocycles. The minimum Gasteiger partial charge on any atom is -0.454 e. The lowest BCUT2D eigenvalue weighted by Gasteiger charge is -2.41.